The number of aliphatic carboxylic acids is 1. The molecule has 0 saturated carbocycles. The Balaban J connectivity index is 1.50. The van der Waals surface area contributed by atoms with E-state index in [0.717, 1.165) is 27.8 Å². The van der Waals surface area contributed by atoms with Crippen molar-refractivity contribution in [2.75, 3.05) is 6.61 Å². The third-order valence-corrected chi connectivity index (χ3v) is 5.54. The highest BCUT2D eigenvalue weighted by Gasteiger charge is 2.29. The van der Waals surface area contributed by atoms with Gasteiger partial charge in [0, 0.05) is 11.5 Å². The van der Waals surface area contributed by atoms with Crippen molar-refractivity contribution in [2.45, 2.75) is 25.3 Å². The van der Waals surface area contributed by atoms with E-state index in [1.807, 2.05) is 48.5 Å². The number of rotatable bonds is 6. The Kier molecular flexibility index (Phi) is 5.71. The van der Waals surface area contributed by atoms with Crippen LogP contribution < -0.4 is 5.32 Å². The Labute approximate surface area is 179 Å². The number of benzene rings is 3. The van der Waals surface area contributed by atoms with E-state index in [4.69, 9.17) is 4.74 Å². The maximum absolute atomic E-state index is 14.3. The van der Waals surface area contributed by atoms with Gasteiger partial charge in [0.1, 0.15) is 12.4 Å². The topological polar surface area (TPSA) is 75.6 Å². The Morgan fingerprint density at radius 1 is 1.03 bits per heavy atom. The lowest BCUT2D eigenvalue weighted by Crippen LogP contribution is -2.32. The van der Waals surface area contributed by atoms with Gasteiger partial charge in [0.25, 0.3) is 0 Å². The standard InChI is InChI=1S/C25H22FNO4/c1-15-10-11-22(26)20(12-15)23(13-24(28)29)27-25(30)31-14-21-18-8-4-2-6-16(18)17-7-3-5-9-19(17)21/h2-12,21,23H,13-14H2,1H3,(H,27,30)(H,28,29)/t23-/m0/s1. The highest BCUT2D eigenvalue weighted by atomic mass is 19.1. The van der Waals surface area contributed by atoms with Gasteiger partial charge in [0.2, 0.25) is 0 Å². The first-order chi connectivity index (χ1) is 14.9. The molecule has 0 unspecified atom stereocenters. The lowest BCUT2D eigenvalue weighted by molar-refractivity contribution is -0.137. The number of aryl methyl sites for hydroxylation is 1. The third-order valence-electron chi connectivity index (χ3n) is 5.54. The van der Waals surface area contributed by atoms with Gasteiger partial charge >= 0.3 is 12.1 Å². The predicted molar refractivity (Wildman–Crippen MR) is 114 cm³/mol. The van der Waals surface area contributed by atoms with Crippen molar-refractivity contribution in [1.82, 2.24) is 5.32 Å². The molecule has 31 heavy (non-hydrogen) atoms. The number of carboxylic acids is 1. The van der Waals surface area contributed by atoms with Crippen molar-refractivity contribution in [3.63, 3.8) is 0 Å². The molecule has 1 atom stereocenters. The van der Waals surface area contributed by atoms with Crippen LogP contribution in [0.4, 0.5) is 9.18 Å². The van der Waals surface area contributed by atoms with Crippen LogP contribution in [0.3, 0.4) is 0 Å². The van der Waals surface area contributed by atoms with Gasteiger partial charge in [-0.05, 0) is 35.2 Å². The molecule has 1 amide bonds. The predicted octanol–water partition coefficient (Wildman–Crippen LogP) is 5.19. The van der Waals surface area contributed by atoms with Gasteiger partial charge in [0.05, 0.1) is 12.5 Å². The van der Waals surface area contributed by atoms with Crippen LogP contribution in [0.15, 0.2) is 66.7 Å². The number of carbonyl (C=O) groups excluding carboxylic acids is 1. The minimum absolute atomic E-state index is 0.0932. The van der Waals surface area contributed by atoms with Crippen LogP contribution in [-0.4, -0.2) is 23.8 Å². The summed E-state index contributed by atoms with van der Waals surface area (Å²) in [5, 5.41) is 11.7. The van der Waals surface area contributed by atoms with E-state index >= 15 is 0 Å². The summed E-state index contributed by atoms with van der Waals surface area (Å²) < 4.78 is 19.8. The first-order valence-electron chi connectivity index (χ1n) is 10.0. The number of hydrogen-bond acceptors (Lipinski definition) is 3. The Morgan fingerprint density at radius 3 is 2.26 bits per heavy atom. The molecule has 0 fully saturated rings. The van der Waals surface area contributed by atoms with Gasteiger partial charge in [-0.15, -0.1) is 0 Å². The highest BCUT2D eigenvalue weighted by Crippen LogP contribution is 2.44. The van der Waals surface area contributed by atoms with Crippen LogP contribution in [0.2, 0.25) is 0 Å². The van der Waals surface area contributed by atoms with E-state index in [0.29, 0.717) is 0 Å². The lowest BCUT2D eigenvalue weighted by atomic mass is 9.98. The second kappa shape index (κ2) is 8.60. The summed E-state index contributed by atoms with van der Waals surface area (Å²) in [6, 6.07) is 19.3. The zero-order valence-corrected chi connectivity index (χ0v) is 17.0. The number of carboxylic acid groups (broad SMARTS) is 1. The van der Waals surface area contributed by atoms with Crippen LogP contribution in [-0.2, 0) is 9.53 Å². The quantitative estimate of drug-likeness (QED) is 0.577. The maximum Gasteiger partial charge on any atom is 0.407 e. The molecule has 0 spiro atoms. The van der Waals surface area contributed by atoms with Crippen molar-refractivity contribution in [1.29, 1.82) is 0 Å². The van der Waals surface area contributed by atoms with Crippen molar-refractivity contribution in [3.05, 3.63) is 94.8 Å². The van der Waals surface area contributed by atoms with E-state index < -0.39 is 30.3 Å². The van der Waals surface area contributed by atoms with Crippen molar-refractivity contribution in [2.24, 2.45) is 0 Å². The Bertz CT molecular complexity index is 1100. The zero-order valence-electron chi connectivity index (χ0n) is 17.0. The Morgan fingerprint density at radius 2 is 1.65 bits per heavy atom. The van der Waals surface area contributed by atoms with E-state index in [9.17, 15) is 19.1 Å². The smallest absolute Gasteiger partial charge is 0.407 e. The lowest BCUT2D eigenvalue weighted by Gasteiger charge is -2.20. The minimum atomic E-state index is -1.15. The molecule has 0 bridgehead atoms. The van der Waals surface area contributed by atoms with E-state index in [2.05, 4.69) is 5.32 Å². The van der Waals surface area contributed by atoms with Crippen molar-refractivity contribution >= 4 is 12.1 Å². The molecule has 3 aromatic carbocycles. The molecular weight excluding hydrogens is 397 g/mol. The number of ether oxygens (including phenoxy) is 1. The number of halogens is 1. The largest absolute Gasteiger partial charge is 0.481 e. The van der Waals surface area contributed by atoms with Gasteiger partial charge in [-0.25, -0.2) is 9.18 Å². The minimum Gasteiger partial charge on any atom is -0.481 e. The van der Waals surface area contributed by atoms with Crippen molar-refractivity contribution in [3.8, 4) is 11.1 Å². The fourth-order valence-corrected chi connectivity index (χ4v) is 4.13. The van der Waals surface area contributed by atoms with Crippen LogP contribution >= 0.6 is 0 Å². The summed E-state index contributed by atoms with van der Waals surface area (Å²) in [4.78, 5) is 23.8. The number of fused-ring (bicyclic) bond motifs is 3. The molecule has 3 aromatic rings. The van der Waals surface area contributed by atoms with Gasteiger partial charge in [-0.3, -0.25) is 4.79 Å². The van der Waals surface area contributed by atoms with Crippen LogP contribution in [0, 0.1) is 12.7 Å². The summed E-state index contributed by atoms with van der Waals surface area (Å²) in [7, 11) is 0. The number of alkyl carbamates (subject to hydrolysis) is 1. The van der Waals surface area contributed by atoms with E-state index in [1.54, 1.807) is 13.0 Å². The molecule has 0 aromatic heterocycles. The fraction of sp³-hybridized carbons (Fsp3) is 0.200. The molecule has 5 nitrogen and oxygen atoms in total. The van der Waals surface area contributed by atoms with E-state index in [-0.39, 0.29) is 18.1 Å². The SMILES string of the molecule is Cc1ccc(F)c([C@H](CC(=O)O)NC(=O)OCC2c3ccccc3-c3ccccc32)c1. The maximum atomic E-state index is 14.3. The first-order valence-corrected chi connectivity index (χ1v) is 10.0. The molecule has 6 heteroatoms. The number of hydrogen-bond donors (Lipinski definition) is 2. The summed E-state index contributed by atoms with van der Waals surface area (Å²) >= 11 is 0. The third kappa shape index (κ3) is 4.28. The molecule has 0 aliphatic heterocycles. The van der Waals surface area contributed by atoms with Gasteiger partial charge in [0.15, 0.2) is 0 Å². The van der Waals surface area contributed by atoms with Gasteiger partial charge in [-0.1, -0.05) is 66.2 Å². The molecule has 2 N–H and O–H groups in total. The molecule has 0 radical (unpaired) electrons. The van der Waals surface area contributed by atoms with E-state index in [1.165, 1.54) is 12.1 Å². The van der Waals surface area contributed by atoms with Crippen LogP contribution in [0.5, 0.6) is 0 Å². The number of amides is 1. The molecule has 0 saturated heterocycles. The normalized spacial score (nSPS) is 13.2. The number of nitrogens with one attached hydrogen (secondary N) is 1. The van der Waals surface area contributed by atoms with Gasteiger partial charge in [-0.2, -0.15) is 0 Å². The molecule has 1 aliphatic carbocycles. The first kappa shape index (κ1) is 20.6. The second-order valence-electron chi connectivity index (χ2n) is 7.65. The van der Waals surface area contributed by atoms with Crippen LogP contribution in [0.25, 0.3) is 11.1 Å². The monoisotopic (exact) mass is 419 g/mol. The van der Waals surface area contributed by atoms with Gasteiger partial charge < -0.3 is 15.2 Å². The molecule has 158 valence electrons. The summed E-state index contributed by atoms with van der Waals surface area (Å²) in [6.07, 6.45) is -1.24. The summed E-state index contributed by atoms with van der Waals surface area (Å²) in [5.74, 6) is -1.84. The molecule has 1 aliphatic rings. The number of carbonyl (C=O) groups is 2. The second-order valence-corrected chi connectivity index (χ2v) is 7.65. The van der Waals surface area contributed by atoms with Crippen LogP contribution in [0.1, 0.15) is 40.6 Å². The highest BCUT2D eigenvalue weighted by molar-refractivity contribution is 5.79. The summed E-state index contributed by atoms with van der Waals surface area (Å²) in [5.41, 5.74) is 5.25. The average molecular weight is 419 g/mol. The molecule has 0 heterocycles. The molecular formula is C25H22FNO4. The average Bonchev–Trinajstić information content (AvgIpc) is 3.07. The Hall–Kier alpha value is -3.67. The zero-order chi connectivity index (χ0) is 22.0. The summed E-state index contributed by atoms with van der Waals surface area (Å²) in [6.45, 7) is 1.87. The van der Waals surface area contributed by atoms with Crippen molar-refractivity contribution < 1.29 is 23.8 Å². The fourth-order valence-electron chi connectivity index (χ4n) is 4.13. The molecule has 4 rings (SSSR count).